The molecule has 112 valence electrons. The molecule has 1 aromatic carbocycles. The topological polar surface area (TPSA) is 53.3 Å². The molecule has 0 saturated heterocycles. The van der Waals surface area contributed by atoms with Crippen LogP contribution in [0.15, 0.2) is 18.2 Å². The van der Waals surface area contributed by atoms with Crippen molar-refractivity contribution in [2.45, 2.75) is 20.3 Å². The molecule has 0 aliphatic rings. The van der Waals surface area contributed by atoms with Crippen molar-refractivity contribution in [2.24, 2.45) is 7.05 Å². The van der Waals surface area contributed by atoms with E-state index in [0.717, 1.165) is 33.8 Å². The summed E-state index contributed by atoms with van der Waals surface area (Å²) in [6, 6.07) is 5.89. The van der Waals surface area contributed by atoms with Crippen LogP contribution in [0.25, 0.3) is 11.1 Å². The Labute approximate surface area is 124 Å². The molecule has 0 radical (unpaired) electrons. The molecule has 5 heteroatoms. The summed E-state index contributed by atoms with van der Waals surface area (Å²) >= 11 is 0. The maximum Gasteiger partial charge on any atom is 0.311 e. The highest BCUT2D eigenvalue weighted by atomic mass is 16.5. The number of benzene rings is 1. The van der Waals surface area contributed by atoms with Crippen LogP contribution in [0.4, 0.5) is 0 Å². The van der Waals surface area contributed by atoms with Crippen LogP contribution in [0.3, 0.4) is 0 Å². The van der Waals surface area contributed by atoms with Crippen molar-refractivity contribution in [1.29, 1.82) is 0 Å². The molecule has 0 aliphatic heterocycles. The molecule has 0 saturated carbocycles. The molecule has 0 amide bonds. The number of hydrogen-bond acceptors (Lipinski definition) is 4. The lowest BCUT2D eigenvalue weighted by Crippen LogP contribution is -2.06. The lowest BCUT2D eigenvalue weighted by Gasteiger charge is -2.09. The van der Waals surface area contributed by atoms with Gasteiger partial charge in [0.1, 0.15) is 5.75 Å². The Morgan fingerprint density at radius 2 is 2.00 bits per heavy atom. The lowest BCUT2D eigenvalue weighted by molar-refractivity contribution is -0.139. The fourth-order valence-corrected chi connectivity index (χ4v) is 2.40. The quantitative estimate of drug-likeness (QED) is 0.811. The summed E-state index contributed by atoms with van der Waals surface area (Å²) in [4.78, 5) is 11.6. The molecule has 0 spiro atoms. The van der Waals surface area contributed by atoms with Gasteiger partial charge in [0.15, 0.2) is 0 Å². The van der Waals surface area contributed by atoms with Gasteiger partial charge in [0.05, 0.1) is 26.3 Å². The summed E-state index contributed by atoms with van der Waals surface area (Å²) in [5.41, 5.74) is 4.87. The van der Waals surface area contributed by atoms with E-state index in [0.29, 0.717) is 0 Å². The van der Waals surface area contributed by atoms with Gasteiger partial charge in [-0.15, -0.1) is 0 Å². The highest BCUT2D eigenvalue weighted by molar-refractivity contribution is 5.79. The molecule has 2 rings (SSSR count). The van der Waals surface area contributed by atoms with Crippen molar-refractivity contribution in [1.82, 2.24) is 9.78 Å². The van der Waals surface area contributed by atoms with Gasteiger partial charge in [-0.25, -0.2) is 0 Å². The molecule has 0 aliphatic carbocycles. The monoisotopic (exact) mass is 288 g/mol. The molecule has 0 bridgehead atoms. The fourth-order valence-electron chi connectivity index (χ4n) is 2.40. The van der Waals surface area contributed by atoms with E-state index in [2.05, 4.69) is 5.10 Å². The summed E-state index contributed by atoms with van der Waals surface area (Å²) in [6.45, 7) is 4.01. The zero-order valence-corrected chi connectivity index (χ0v) is 13.1. The second kappa shape index (κ2) is 5.99. The van der Waals surface area contributed by atoms with Crippen molar-refractivity contribution < 1.29 is 14.3 Å². The molecule has 0 fully saturated rings. The first-order chi connectivity index (χ1) is 9.97. The van der Waals surface area contributed by atoms with E-state index in [1.807, 2.05) is 39.1 Å². The van der Waals surface area contributed by atoms with Gasteiger partial charge in [0.2, 0.25) is 0 Å². The van der Waals surface area contributed by atoms with Gasteiger partial charge in [-0.05, 0) is 37.1 Å². The largest absolute Gasteiger partial charge is 0.497 e. The van der Waals surface area contributed by atoms with Gasteiger partial charge < -0.3 is 9.47 Å². The maximum absolute atomic E-state index is 11.6. The summed E-state index contributed by atoms with van der Waals surface area (Å²) < 4.78 is 11.8. The Bertz CT molecular complexity index is 674. The average Bonchev–Trinajstić information content (AvgIpc) is 2.74. The predicted molar refractivity (Wildman–Crippen MR) is 80.4 cm³/mol. The SMILES string of the molecule is COC(=O)Cc1nn(C)c(C)c1-c1ccc(OC)cc1C. The molecular formula is C16H20N2O3. The normalized spacial score (nSPS) is 10.5. The van der Waals surface area contributed by atoms with Gasteiger partial charge in [0.25, 0.3) is 0 Å². The smallest absolute Gasteiger partial charge is 0.311 e. The van der Waals surface area contributed by atoms with Crippen LogP contribution in [0.5, 0.6) is 5.75 Å². The minimum absolute atomic E-state index is 0.166. The highest BCUT2D eigenvalue weighted by Gasteiger charge is 2.19. The number of carbonyl (C=O) groups excluding carboxylic acids is 1. The van der Waals surface area contributed by atoms with Crippen molar-refractivity contribution in [2.75, 3.05) is 14.2 Å². The maximum atomic E-state index is 11.6. The predicted octanol–water partition coefficient (Wildman–Crippen LogP) is 2.43. The van der Waals surface area contributed by atoms with Crippen LogP contribution in [0.1, 0.15) is 17.0 Å². The Hall–Kier alpha value is -2.30. The fraction of sp³-hybridized carbons (Fsp3) is 0.375. The minimum Gasteiger partial charge on any atom is -0.497 e. The molecule has 0 unspecified atom stereocenters. The molecule has 0 atom stereocenters. The molecule has 21 heavy (non-hydrogen) atoms. The van der Waals surface area contributed by atoms with E-state index >= 15 is 0 Å². The first-order valence-electron chi connectivity index (χ1n) is 6.72. The van der Waals surface area contributed by atoms with Gasteiger partial charge in [0, 0.05) is 18.3 Å². The second-order valence-corrected chi connectivity index (χ2v) is 4.96. The number of aryl methyl sites for hydroxylation is 2. The number of aromatic nitrogens is 2. The first-order valence-corrected chi connectivity index (χ1v) is 6.72. The number of methoxy groups -OCH3 is 2. The Morgan fingerprint density at radius 3 is 2.57 bits per heavy atom. The zero-order valence-electron chi connectivity index (χ0n) is 13.1. The van der Waals surface area contributed by atoms with E-state index in [-0.39, 0.29) is 12.4 Å². The molecule has 0 N–H and O–H groups in total. The van der Waals surface area contributed by atoms with Crippen LogP contribution in [-0.2, 0) is 23.0 Å². The van der Waals surface area contributed by atoms with Crippen LogP contribution >= 0.6 is 0 Å². The lowest BCUT2D eigenvalue weighted by atomic mass is 9.97. The first kappa shape index (κ1) is 15.1. The molecule has 2 aromatic rings. The highest BCUT2D eigenvalue weighted by Crippen LogP contribution is 2.32. The summed E-state index contributed by atoms with van der Waals surface area (Å²) in [6.07, 6.45) is 0.166. The number of carbonyl (C=O) groups is 1. The van der Waals surface area contributed by atoms with E-state index in [1.165, 1.54) is 7.11 Å². The number of esters is 1. The third-order valence-corrected chi connectivity index (χ3v) is 3.65. The third-order valence-electron chi connectivity index (χ3n) is 3.65. The molecule has 1 aromatic heterocycles. The summed E-state index contributed by atoms with van der Waals surface area (Å²) in [5, 5.41) is 4.44. The van der Waals surface area contributed by atoms with E-state index in [1.54, 1.807) is 11.8 Å². The molecule has 5 nitrogen and oxygen atoms in total. The Balaban J connectivity index is 2.54. The second-order valence-electron chi connectivity index (χ2n) is 4.96. The van der Waals surface area contributed by atoms with Crippen LogP contribution in [0.2, 0.25) is 0 Å². The van der Waals surface area contributed by atoms with Crippen LogP contribution in [-0.4, -0.2) is 30.0 Å². The Morgan fingerprint density at radius 1 is 1.29 bits per heavy atom. The Kier molecular flexibility index (Phi) is 4.31. The standard InChI is InChI=1S/C16H20N2O3/c1-10-8-12(20-4)6-7-13(10)16-11(2)18(3)17-14(16)9-15(19)21-5/h6-8H,9H2,1-5H3. The van der Waals surface area contributed by atoms with Crippen molar-refractivity contribution in [3.8, 4) is 16.9 Å². The summed E-state index contributed by atoms with van der Waals surface area (Å²) in [7, 11) is 4.90. The number of nitrogens with zero attached hydrogens (tertiary/aromatic N) is 2. The van der Waals surface area contributed by atoms with Gasteiger partial charge >= 0.3 is 5.97 Å². The number of hydrogen-bond donors (Lipinski definition) is 0. The van der Waals surface area contributed by atoms with Crippen molar-refractivity contribution >= 4 is 5.97 Å². The van der Waals surface area contributed by atoms with Gasteiger partial charge in [-0.2, -0.15) is 5.10 Å². The average molecular weight is 288 g/mol. The van der Waals surface area contributed by atoms with E-state index in [4.69, 9.17) is 9.47 Å². The van der Waals surface area contributed by atoms with Crippen LogP contribution < -0.4 is 4.74 Å². The van der Waals surface area contributed by atoms with Gasteiger partial charge in [-0.1, -0.05) is 6.07 Å². The van der Waals surface area contributed by atoms with E-state index in [9.17, 15) is 4.79 Å². The summed E-state index contributed by atoms with van der Waals surface area (Å²) in [5.74, 6) is 0.521. The van der Waals surface area contributed by atoms with Crippen molar-refractivity contribution in [3.05, 3.63) is 35.2 Å². The minimum atomic E-state index is -0.291. The van der Waals surface area contributed by atoms with Crippen LogP contribution in [0, 0.1) is 13.8 Å². The zero-order chi connectivity index (χ0) is 15.6. The third kappa shape index (κ3) is 2.91. The number of rotatable bonds is 4. The van der Waals surface area contributed by atoms with E-state index < -0.39 is 0 Å². The molecular weight excluding hydrogens is 268 g/mol. The van der Waals surface area contributed by atoms with Crippen molar-refractivity contribution in [3.63, 3.8) is 0 Å². The molecule has 1 heterocycles. The number of ether oxygens (including phenoxy) is 2. The van der Waals surface area contributed by atoms with Gasteiger partial charge in [-0.3, -0.25) is 9.48 Å².